The van der Waals surface area contributed by atoms with Crippen molar-refractivity contribution in [2.24, 2.45) is 0 Å². The van der Waals surface area contributed by atoms with Crippen LogP contribution in [0.1, 0.15) is 13.8 Å². The van der Waals surface area contributed by atoms with Crippen molar-refractivity contribution in [1.82, 2.24) is 9.97 Å². The van der Waals surface area contributed by atoms with Crippen molar-refractivity contribution >= 4 is 34.6 Å². The van der Waals surface area contributed by atoms with Crippen molar-refractivity contribution in [3.63, 3.8) is 0 Å². The van der Waals surface area contributed by atoms with Crippen LogP contribution in [0.3, 0.4) is 0 Å². The quantitative estimate of drug-likeness (QED) is 0.861. The number of aromatic nitrogens is 2. The molecule has 0 unspecified atom stereocenters. The van der Waals surface area contributed by atoms with E-state index in [0.717, 1.165) is 29.9 Å². The number of para-hydroxylation sites is 2. The van der Waals surface area contributed by atoms with Gasteiger partial charge in [-0.3, -0.25) is 4.79 Å². The average molecular weight is 333 g/mol. The van der Waals surface area contributed by atoms with Crippen molar-refractivity contribution in [3.05, 3.63) is 24.3 Å². The summed E-state index contributed by atoms with van der Waals surface area (Å²) < 4.78 is 5.77. The van der Waals surface area contributed by atoms with E-state index in [9.17, 15) is 4.79 Å². The molecule has 2 aromatic rings. The van der Waals surface area contributed by atoms with Crippen LogP contribution in [0.5, 0.6) is 0 Å². The van der Waals surface area contributed by atoms with Crippen LogP contribution < -0.4 is 4.90 Å². The Hall–Kier alpha value is -1.86. The van der Waals surface area contributed by atoms with Gasteiger partial charge in [-0.05, 0) is 26.0 Å². The number of morpholine rings is 1. The Morgan fingerprint density at radius 2 is 1.87 bits per heavy atom. The highest BCUT2D eigenvalue weighted by Crippen LogP contribution is 2.30. The van der Waals surface area contributed by atoms with Crippen molar-refractivity contribution in [3.8, 4) is 0 Å². The van der Waals surface area contributed by atoms with Crippen LogP contribution in [0.25, 0.3) is 11.0 Å². The predicted molar refractivity (Wildman–Crippen MR) is 90.1 cm³/mol. The number of anilines is 1. The maximum atomic E-state index is 10.9. The van der Waals surface area contributed by atoms with Gasteiger partial charge in [-0.25, -0.2) is 9.97 Å². The third-order valence-corrected chi connectivity index (χ3v) is 4.51. The normalized spacial score (nSPS) is 21.6. The van der Waals surface area contributed by atoms with E-state index in [1.165, 1.54) is 11.8 Å². The minimum atomic E-state index is -0.861. The molecular weight excluding hydrogens is 314 g/mol. The summed E-state index contributed by atoms with van der Waals surface area (Å²) in [5, 5.41) is 9.63. The van der Waals surface area contributed by atoms with Gasteiger partial charge in [0.2, 0.25) is 0 Å². The molecule has 7 heteroatoms. The molecule has 0 saturated carbocycles. The molecule has 2 atom stereocenters. The first kappa shape index (κ1) is 16.0. The van der Waals surface area contributed by atoms with Crippen LogP contribution in [0, 0.1) is 0 Å². The lowest BCUT2D eigenvalue weighted by molar-refractivity contribution is -0.133. The molecule has 0 aliphatic carbocycles. The molecule has 1 saturated heterocycles. The fourth-order valence-electron chi connectivity index (χ4n) is 2.76. The summed E-state index contributed by atoms with van der Waals surface area (Å²) >= 11 is 1.21. The van der Waals surface area contributed by atoms with Gasteiger partial charge in [0.25, 0.3) is 0 Å². The molecule has 2 heterocycles. The zero-order valence-corrected chi connectivity index (χ0v) is 13.9. The molecular formula is C16H19N3O3S. The van der Waals surface area contributed by atoms with Gasteiger partial charge in [0, 0.05) is 13.1 Å². The summed E-state index contributed by atoms with van der Waals surface area (Å²) in [5.74, 6) is -0.147. The van der Waals surface area contributed by atoms with E-state index in [0.29, 0.717) is 5.03 Å². The summed E-state index contributed by atoms with van der Waals surface area (Å²) in [6.45, 7) is 5.50. The van der Waals surface area contributed by atoms with Crippen LogP contribution in [-0.4, -0.2) is 52.1 Å². The molecule has 0 amide bonds. The number of aliphatic carboxylic acids is 1. The number of carboxylic acid groups (broad SMARTS) is 1. The topological polar surface area (TPSA) is 75.6 Å². The van der Waals surface area contributed by atoms with Crippen molar-refractivity contribution in [1.29, 1.82) is 0 Å². The van der Waals surface area contributed by atoms with Gasteiger partial charge in [0.15, 0.2) is 5.82 Å². The fraction of sp³-hybridized carbons (Fsp3) is 0.438. The number of carbonyl (C=O) groups is 1. The molecule has 3 rings (SSSR count). The third kappa shape index (κ3) is 3.73. The van der Waals surface area contributed by atoms with E-state index in [-0.39, 0.29) is 18.0 Å². The van der Waals surface area contributed by atoms with Crippen LogP contribution in [0.4, 0.5) is 5.82 Å². The van der Waals surface area contributed by atoms with Gasteiger partial charge >= 0.3 is 5.97 Å². The highest BCUT2D eigenvalue weighted by Gasteiger charge is 2.26. The van der Waals surface area contributed by atoms with E-state index >= 15 is 0 Å². The molecule has 1 N–H and O–H groups in total. The largest absolute Gasteiger partial charge is 0.481 e. The monoisotopic (exact) mass is 333 g/mol. The number of nitrogens with zero attached hydrogens (tertiary/aromatic N) is 3. The zero-order chi connectivity index (χ0) is 16.4. The SMILES string of the molecule is C[C@H]1CN(c2nc3ccccc3nc2SCC(=O)O)C[C@H](C)O1. The van der Waals surface area contributed by atoms with E-state index in [4.69, 9.17) is 14.8 Å². The molecule has 23 heavy (non-hydrogen) atoms. The van der Waals surface area contributed by atoms with Gasteiger partial charge < -0.3 is 14.7 Å². The second kappa shape index (κ2) is 6.72. The van der Waals surface area contributed by atoms with Gasteiger partial charge in [-0.1, -0.05) is 23.9 Å². The molecule has 1 aliphatic rings. The standard InChI is InChI=1S/C16H19N3O3S/c1-10-7-19(8-11(2)22-10)15-16(23-9-14(20)21)18-13-6-4-3-5-12(13)17-15/h3-6,10-11H,7-9H2,1-2H3,(H,20,21)/t10-,11-/m0/s1. The van der Waals surface area contributed by atoms with E-state index < -0.39 is 5.97 Å². The maximum Gasteiger partial charge on any atom is 0.313 e. The highest BCUT2D eigenvalue weighted by atomic mass is 32.2. The van der Waals surface area contributed by atoms with E-state index in [2.05, 4.69) is 9.88 Å². The number of ether oxygens (including phenoxy) is 1. The minimum Gasteiger partial charge on any atom is -0.481 e. The van der Waals surface area contributed by atoms with Crippen LogP contribution in [0.2, 0.25) is 0 Å². The van der Waals surface area contributed by atoms with Crippen LogP contribution in [0.15, 0.2) is 29.3 Å². The highest BCUT2D eigenvalue weighted by molar-refractivity contribution is 8.00. The summed E-state index contributed by atoms with van der Waals surface area (Å²) in [7, 11) is 0. The lowest BCUT2D eigenvalue weighted by Gasteiger charge is -2.36. The Labute approximate surface area is 138 Å². The molecule has 6 nitrogen and oxygen atoms in total. The van der Waals surface area contributed by atoms with Crippen molar-refractivity contribution in [2.75, 3.05) is 23.7 Å². The summed E-state index contributed by atoms with van der Waals surface area (Å²) in [6.07, 6.45) is 0.202. The zero-order valence-electron chi connectivity index (χ0n) is 13.1. The minimum absolute atomic E-state index is 0.0323. The molecule has 1 aromatic heterocycles. The number of hydrogen-bond donors (Lipinski definition) is 1. The second-order valence-electron chi connectivity index (χ2n) is 5.69. The Bertz CT molecular complexity index is 715. The van der Waals surface area contributed by atoms with Gasteiger partial charge in [0.1, 0.15) is 5.03 Å². The number of hydrogen-bond acceptors (Lipinski definition) is 6. The first-order valence-corrected chi connectivity index (χ1v) is 8.53. The first-order valence-electron chi connectivity index (χ1n) is 7.54. The number of thioether (sulfide) groups is 1. The van der Waals surface area contributed by atoms with Crippen molar-refractivity contribution < 1.29 is 14.6 Å². The summed E-state index contributed by atoms with van der Waals surface area (Å²) in [6, 6.07) is 7.64. The molecule has 1 fully saturated rings. The molecule has 122 valence electrons. The molecule has 1 aromatic carbocycles. The second-order valence-corrected chi connectivity index (χ2v) is 6.65. The van der Waals surface area contributed by atoms with Crippen LogP contribution in [-0.2, 0) is 9.53 Å². The molecule has 0 bridgehead atoms. The van der Waals surface area contributed by atoms with Crippen molar-refractivity contribution in [2.45, 2.75) is 31.1 Å². The van der Waals surface area contributed by atoms with E-state index in [1.807, 2.05) is 38.1 Å². The third-order valence-electron chi connectivity index (χ3n) is 3.57. The average Bonchev–Trinajstić information content (AvgIpc) is 2.51. The molecule has 0 spiro atoms. The Morgan fingerprint density at radius 1 is 1.26 bits per heavy atom. The summed E-state index contributed by atoms with van der Waals surface area (Å²) in [5.41, 5.74) is 1.59. The Balaban J connectivity index is 2.01. The molecule has 1 aliphatic heterocycles. The Morgan fingerprint density at radius 3 is 2.48 bits per heavy atom. The summed E-state index contributed by atoms with van der Waals surface area (Å²) in [4.78, 5) is 22.4. The Kier molecular flexibility index (Phi) is 4.68. The van der Waals surface area contributed by atoms with Crippen LogP contribution >= 0.6 is 11.8 Å². The molecule has 0 radical (unpaired) electrons. The number of benzene rings is 1. The lowest BCUT2D eigenvalue weighted by Crippen LogP contribution is -2.46. The maximum absolute atomic E-state index is 10.9. The van der Waals surface area contributed by atoms with Gasteiger partial charge in [-0.2, -0.15) is 0 Å². The number of rotatable bonds is 4. The number of carboxylic acids is 1. The lowest BCUT2D eigenvalue weighted by atomic mass is 10.2. The van der Waals surface area contributed by atoms with Gasteiger partial charge in [-0.15, -0.1) is 0 Å². The van der Waals surface area contributed by atoms with E-state index in [1.54, 1.807) is 0 Å². The number of fused-ring (bicyclic) bond motifs is 1. The predicted octanol–water partition coefficient (Wildman–Crippen LogP) is 2.42. The first-order chi connectivity index (χ1) is 11.0. The fourth-order valence-corrected chi connectivity index (χ4v) is 3.49. The van der Waals surface area contributed by atoms with Gasteiger partial charge in [0.05, 0.1) is 29.0 Å². The smallest absolute Gasteiger partial charge is 0.313 e.